The molecule has 0 fully saturated rings. The molecule has 0 aromatic carbocycles. The van der Waals surface area contributed by atoms with E-state index in [-0.39, 0.29) is 5.78 Å². The zero-order valence-corrected chi connectivity index (χ0v) is 7.32. The summed E-state index contributed by atoms with van der Waals surface area (Å²) in [6.45, 7) is 0. The van der Waals surface area contributed by atoms with Crippen LogP contribution < -0.4 is 4.73 Å². The molecule has 13 heavy (non-hydrogen) atoms. The van der Waals surface area contributed by atoms with Crippen molar-refractivity contribution in [2.45, 2.75) is 25.7 Å². The summed E-state index contributed by atoms with van der Waals surface area (Å²) >= 11 is 0. The molecular weight excluding hydrogens is 166 g/mol. The number of hydrogen-bond acceptors (Lipinski definition) is 2. The average Bonchev–Trinajstić information content (AvgIpc) is 2.30. The summed E-state index contributed by atoms with van der Waals surface area (Å²) in [5.41, 5.74) is 1.26. The molecule has 0 spiro atoms. The molecule has 1 aliphatic rings. The van der Waals surface area contributed by atoms with Crippen molar-refractivity contribution in [3.63, 3.8) is 0 Å². The molecule has 1 aromatic rings. The van der Waals surface area contributed by atoms with E-state index in [1.807, 2.05) is 0 Å². The number of carbonyl (C=O) groups is 1. The van der Waals surface area contributed by atoms with E-state index >= 15 is 0 Å². The van der Waals surface area contributed by atoms with Crippen molar-refractivity contribution in [3.8, 4) is 0 Å². The van der Waals surface area contributed by atoms with Crippen LogP contribution in [0.5, 0.6) is 0 Å². The smallest absolute Gasteiger partial charge is 0.203 e. The molecule has 1 aromatic heterocycles. The standard InChI is InChI=1S/C10H11NO2/c12-10-6-2-1-5-9-8(10)4-3-7-11(9)13/h3-4,7H,1-2,5-6H2. The van der Waals surface area contributed by atoms with Gasteiger partial charge in [-0.1, -0.05) is 0 Å². The lowest BCUT2D eigenvalue weighted by Gasteiger charge is -2.04. The number of hydrogen-bond donors (Lipinski definition) is 0. The maximum Gasteiger partial charge on any atom is 0.203 e. The number of nitrogens with zero attached hydrogens (tertiary/aromatic N) is 1. The lowest BCUT2D eigenvalue weighted by atomic mass is 10.1. The van der Waals surface area contributed by atoms with Gasteiger partial charge in [-0.3, -0.25) is 4.79 Å². The average molecular weight is 177 g/mol. The van der Waals surface area contributed by atoms with Crippen LogP contribution in [0.3, 0.4) is 0 Å². The first-order valence-electron chi connectivity index (χ1n) is 4.53. The van der Waals surface area contributed by atoms with Gasteiger partial charge in [0.15, 0.2) is 12.0 Å². The molecule has 0 atom stereocenters. The van der Waals surface area contributed by atoms with Crippen molar-refractivity contribution < 1.29 is 9.52 Å². The first kappa shape index (κ1) is 8.23. The number of ketones is 1. The Hall–Kier alpha value is -1.38. The van der Waals surface area contributed by atoms with Crippen LogP contribution in [0.4, 0.5) is 0 Å². The largest absolute Gasteiger partial charge is 0.618 e. The summed E-state index contributed by atoms with van der Waals surface area (Å²) in [6, 6.07) is 3.38. The molecule has 0 unspecified atom stereocenters. The predicted octanol–water partition coefficient (Wildman–Crippen LogP) is 1.23. The lowest BCUT2D eigenvalue weighted by Crippen LogP contribution is -2.32. The molecule has 1 heterocycles. The van der Waals surface area contributed by atoms with Crippen molar-refractivity contribution in [2.75, 3.05) is 0 Å². The molecule has 0 amide bonds. The van der Waals surface area contributed by atoms with Crippen LogP contribution in [-0.4, -0.2) is 5.78 Å². The van der Waals surface area contributed by atoms with Gasteiger partial charge in [-0.2, -0.15) is 4.73 Å². The Labute approximate surface area is 76.6 Å². The molecule has 68 valence electrons. The van der Waals surface area contributed by atoms with E-state index in [9.17, 15) is 10.0 Å². The minimum Gasteiger partial charge on any atom is -0.618 e. The first-order chi connectivity index (χ1) is 6.29. The maximum atomic E-state index is 11.5. The van der Waals surface area contributed by atoms with Crippen LogP contribution in [0.15, 0.2) is 18.3 Å². The maximum absolute atomic E-state index is 11.5. The highest BCUT2D eigenvalue weighted by molar-refractivity contribution is 5.96. The fraction of sp³-hybridized carbons (Fsp3) is 0.400. The van der Waals surface area contributed by atoms with Gasteiger partial charge in [-0.05, 0) is 18.9 Å². The summed E-state index contributed by atoms with van der Waals surface area (Å²) in [5.74, 6) is 0.109. The van der Waals surface area contributed by atoms with Gasteiger partial charge in [-0.15, -0.1) is 0 Å². The van der Waals surface area contributed by atoms with E-state index in [4.69, 9.17) is 0 Å². The Bertz CT molecular complexity index is 347. The SMILES string of the molecule is O=C1CCCCc2c1ccc[n+]2[O-]. The Morgan fingerprint density at radius 3 is 2.92 bits per heavy atom. The molecule has 1 aliphatic carbocycles. The van der Waals surface area contributed by atoms with Crippen LogP contribution >= 0.6 is 0 Å². The van der Waals surface area contributed by atoms with Gasteiger partial charge in [0.1, 0.15) is 0 Å². The molecule has 3 heteroatoms. The van der Waals surface area contributed by atoms with Crippen molar-refractivity contribution in [2.24, 2.45) is 0 Å². The molecule has 0 aliphatic heterocycles. The predicted molar refractivity (Wildman–Crippen MR) is 47.3 cm³/mol. The third-order valence-electron chi connectivity index (χ3n) is 2.43. The summed E-state index contributed by atoms with van der Waals surface area (Å²) in [7, 11) is 0. The molecular formula is C10H11NO2. The van der Waals surface area contributed by atoms with Crippen molar-refractivity contribution in [1.29, 1.82) is 0 Å². The number of fused-ring (bicyclic) bond motifs is 1. The highest BCUT2D eigenvalue weighted by atomic mass is 16.5. The monoisotopic (exact) mass is 177 g/mol. The third kappa shape index (κ3) is 1.41. The van der Waals surface area contributed by atoms with E-state index in [0.717, 1.165) is 24.0 Å². The van der Waals surface area contributed by atoms with Gasteiger partial charge in [0.2, 0.25) is 5.69 Å². The highest BCUT2D eigenvalue weighted by Gasteiger charge is 2.21. The molecule has 0 bridgehead atoms. The number of rotatable bonds is 0. The highest BCUT2D eigenvalue weighted by Crippen LogP contribution is 2.16. The van der Waals surface area contributed by atoms with Gasteiger partial charge in [0.25, 0.3) is 0 Å². The molecule has 0 N–H and O–H groups in total. The van der Waals surface area contributed by atoms with Crippen LogP contribution in [-0.2, 0) is 6.42 Å². The van der Waals surface area contributed by atoms with Gasteiger partial charge >= 0.3 is 0 Å². The van der Waals surface area contributed by atoms with E-state index in [0.29, 0.717) is 17.7 Å². The first-order valence-corrected chi connectivity index (χ1v) is 4.53. The second-order valence-corrected chi connectivity index (χ2v) is 3.32. The summed E-state index contributed by atoms with van der Waals surface area (Å²) in [6.07, 6.45) is 4.60. The van der Waals surface area contributed by atoms with Crippen LogP contribution in [0.25, 0.3) is 0 Å². The van der Waals surface area contributed by atoms with Crippen LogP contribution in [0.1, 0.15) is 35.3 Å². The molecule has 3 nitrogen and oxygen atoms in total. The Morgan fingerprint density at radius 1 is 1.31 bits per heavy atom. The molecule has 0 saturated heterocycles. The second kappa shape index (κ2) is 3.17. The van der Waals surface area contributed by atoms with Gasteiger partial charge in [-0.25, -0.2) is 0 Å². The lowest BCUT2D eigenvalue weighted by molar-refractivity contribution is -0.614. The minimum atomic E-state index is 0.109. The van der Waals surface area contributed by atoms with Crippen molar-refractivity contribution in [3.05, 3.63) is 34.8 Å². The minimum absolute atomic E-state index is 0.109. The van der Waals surface area contributed by atoms with Crippen LogP contribution in [0, 0.1) is 5.21 Å². The Balaban J connectivity index is 2.54. The van der Waals surface area contributed by atoms with Gasteiger partial charge in [0, 0.05) is 18.9 Å². The molecule has 0 saturated carbocycles. The van der Waals surface area contributed by atoms with Gasteiger partial charge in [0.05, 0.1) is 5.56 Å². The number of aromatic nitrogens is 1. The Kier molecular flexibility index (Phi) is 2.00. The fourth-order valence-electron chi connectivity index (χ4n) is 1.73. The van der Waals surface area contributed by atoms with E-state index in [2.05, 4.69) is 0 Å². The zero-order valence-electron chi connectivity index (χ0n) is 7.32. The molecule has 0 radical (unpaired) electrons. The number of Topliss-reactive ketones (excluding diaryl/α,β-unsaturated/α-hetero) is 1. The van der Waals surface area contributed by atoms with E-state index < -0.39 is 0 Å². The zero-order chi connectivity index (χ0) is 9.26. The van der Waals surface area contributed by atoms with Crippen LogP contribution in [0.2, 0.25) is 0 Å². The Morgan fingerprint density at radius 2 is 2.08 bits per heavy atom. The quantitative estimate of drug-likeness (QED) is 0.340. The summed E-state index contributed by atoms with van der Waals surface area (Å²) < 4.78 is 0.818. The van der Waals surface area contributed by atoms with Crippen molar-refractivity contribution >= 4 is 5.78 Å². The fourth-order valence-corrected chi connectivity index (χ4v) is 1.73. The normalized spacial score (nSPS) is 16.5. The molecule has 2 rings (SSSR count). The third-order valence-corrected chi connectivity index (χ3v) is 2.43. The van der Waals surface area contributed by atoms with E-state index in [1.165, 1.54) is 6.20 Å². The summed E-state index contributed by atoms with van der Waals surface area (Å²) in [5, 5.41) is 11.3. The van der Waals surface area contributed by atoms with E-state index in [1.54, 1.807) is 12.1 Å². The number of carbonyl (C=O) groups excluding carboxylic acids is 1. The number of pyridine rings is 1. The summed E-state index contributed by atoms with van der Waals surface area (Å²) in [4.78, 5) is 11.5. The van der Waals surface area contributed by atoms with Crippen molar-refractivity contribution in [1.82, 2.24) is 0 Å². The second-order valence-electron chi connectivity index (χ2n) is 3.32. The van der Waals surface area contributed by atoms with Gasteiger partial charge < -0.3 is 5.21 Å². The topological polar surface area (TPSA) is 44.0 Å².